The van der Waals surface area contributed by atoms with Crippen LogP contribution in [0.5, 0.6) is 0 Å². The van der Waals surface area contributed by atoms with Crippen molar-refractivity contribution in [3.63, 3.8) is 0 Å². The Bertz CT molecular complexity index is 376. The number of carbonyl (C=O) groups is 1. The van der Waals surface area contributed by atoms with E-state index in [2.05, 4.69) is 24.9 Å². The predicted molar refractivity (Wildman–Crippen MR) is 74.9 cm³/mol. The van der Waals surface area contributed by atoms with Crippen LogP contribution in [-0.2, 0) is 0 Å². The van der Waals surface area contributed by atoms with Gasteiger partial charge in [-0.2, -0.15) is 0 Å². The lowest BCUT2D eigenvalue weighted by Gasteiger charge is -2.08. The minimum atomic E-state index is 0.00917. The number of hydrogen-bond acceptors (Lipinski definition) is 2. The van der Waals surface area contributed by atoms with E-state index in [-0.39, 0.29) is 5.91 Å². The number of carbonyl (C=O) groups excluding carboxylic acids is 1. The largest absolute Gasteiger partial charge is 0.352 e. The van der Waals surface area contributed by atoms with Crippen LogP contribution in [0.2, 0.25) is 0 Å². The minimum absolute atomic E-state index is 0.00917. The van der Waals surface area contributed by atoms with Gasteiger partial charge in [0.25, 0.3) is 5.91 Å². The first-order valence-corrected chi connectivity index (χ1v) is 6.67. The maximum Gasteiger partial charge on any atom is 0.251 e. The summed E-state index contributed by atoms with van der Waals surface area (Å²) in [5, 5.41) is 2.95. The number of rotatable bonds is 6. The first kappa shape index (κ1) is 14.1. The van der Waals surface area contributed by atoms with Crippen molar-refractivity contribution in [2.75, 3.05) is 6.54 Å². The summed E-state index contributed by atoms with van der Waals surface area (Å²) in [4.78, 5) is 12.7. The lowest BCUT2D eigenvalue weighted by molar-refractivity contribution is 0.0952. The van der Waals surface area contributed by atoms with Gasteiger partial charge in [0, 0.05) is 17.0 Å². The second-order valence-corrected chi connectivity index (χ2v) is 4.83. The minimum Gasteiger partial charge on any atom is -0.352 e. The molecule has 0 unspecified atom stereocenters. The second kappa shape index (κ2) is 7.38. The molecule has 1 N–H and O–H groups in total. The summed E-state index contributed by atoms with van der Waals surface area (Å²) in [6.07, 6.45) is 4.69. The Labute approximate surface area is 109 Å². The fourth-order valence-electron chi connectivity index (χ4n) is 1.70. The van der Waals surface area contributed by atoms with E-state index in [0.29, 0.717) is 0 Å². The third-order valence-corrected chi connectivity index (χ3v) is 3.06. The average Bonchev–Trinajstić information content (AvgIpc) is 2.32. The van der Waals surface area contributed by atoms with E-state index in [9.17, 15) is 4.79 Å². The quantitative estimate of drug-likeness (QED) is 0.587. The van der Waals surface area contributed by atoms with Gasteiger partial charge >= 0.3 is 0 Å². The van der Waals surface area contributed by atoms with Crippen molar-refractivity contribution in [2.45, 2.75) is 44.4 Å². The fraction of sp³-hybridized carbons (Fsp3) is 0.500. The summed E-state index contributed by atoms with van der Waals surface area (Å²) in [6.45, 7) is 4.88. The maximum absolute atomic E-state index is 11.9. The van der Waals surface area contributed by atoms with E-state index in [4.69, 9.17) is 0 Å². The molecular formula is C14H21NOS. The zero-order chi connectivity index (χ0) is 12.7. The molecule has 0 saturated carbocycles. The molecule has 0 spiro atoms. The molecule has 0 aliphatic carbocycles. The highest BCUT2D eigenvalue weighted by Gasteiger charge is 2.08. The highest BCUT2D eigenvalue weighted by Crippen LogP contribution is 2.13. The number of benzene rings is 1. The second-order valence-electron chi connectivity index (χ2n) is 4.32. The summed E-state index contributed by atoms with van der Waals surface area (Å²) in [5.41, 5.74) is 1.72. The summed E-state index contributed by atoms with van der Waals surface area (Å²) >= 11 is 4.25. The molecule has 0 fully saturated rings. The SMILES string of the molecule is CCCCCCNC(=O)c1cc(S)ccc1C. The van der Waals surface area contributed by atoms with Crippen LogP contribution in [-0.4, -0.2) is 12.5 Å². The first-order chi connectivity index (χ1) is 8.15. The number of nitrogens with one attached hydrogen (secondary N) is 1. The molecule has 0 aromatic heterocycles. The Morgan fingerprint density at radius 3 is 2.76 bits per heavy atom. The molecule has 0 bridgehead atoms. The predicted octanol–water partition coefficient (Wildman–Crippen LogP) is 3.59. The van der Waals surface area contributed by atoms with Crippen molar-refractivity contribution in [2.24, 2.45) is 0 Å². The number of hydrogen-bond donors (Lipinski definition) is 2. The molecule has 0 aliphatic heterocycles. The van der Waals surface area contributed by atoms with Crippen molar-refractivity contribution in [3.05, 3.63) is 29.3 Å². The Kier molecular flexibility index (Phi) is 6.12. The number of thiol groups is 1. The topological polar surface area (TPSA) is 29.1 Å². The van der Waals surface area contributed by atoms with Gasteiger partial charge in [-0.1, -0.05) is 32.3 Å². The van der Waals surface area contributed by atoms with Crippen LogP contribution in [0.3, 0.4) is 0 Å². The molecule has 0 atom stereocenters. The van der Waals surface area contributed by atoms with Gasteiger partial charge in [-0.3, -0.25) is 4.79 Å². The van der Waals surface area contributed by atoms with Gasteiger partial charge in [0.15, 0.2) is 0 Å². The molecule has 94 valence electrons. The van der Waals surface area contributed by atoms with Gasteiger partial charge < -0.3 is 5.32 Å². The summed E-state index contributed by atoms with van der Waals surface area (Å²) < 4.78 is 0. The number of aryl methyl sites for hydroxylation is 1. The van der Waals surface area contributed by atoms with Crippen LogP contribution in [0.25, 0.3) is 0 Å². The summed E-state index contributed by atoms with van der Waals surface area (Å²) in [7, 11) is 0. The molecule has 17 heavy (non-hydrogen) atoms. The summed E-state index contributed by atoms with van der Waals surface area (Å²) in [5.74, 6) is 0.00917. The monoisotopic (exact) mass is 251 g/mol. The van der Waals surface area contributed by atoms with E-state index in [1.165, 1.54) is 19.3 Å². The zero-order valence-electron chi connectivity index (χ0n) is 10.6. The highest BCUT2D eigenvalue weighted by atomic mass is 32.1. The molecule has 1 aromatic carbocycles. The average molecular weight is 251 g/mol. The third kappa shape index (κ3) is 4.82. The highest BCUT2D eigenvalue weighted by molar-refractivity contribution is 7.80. The number of unbranched alkanes of at least 4 members (excludes halogenated alkanes) is 3. The Hall–Kier alpha value is -0.960. The third-order valence-electron chi connectivity index (χ3n) is 2.78. The molecule has 1 amide bonds. The van der Waals surface area contributed by atoms with Crippen molar-refractivity contribution in [1.29, 1.82) is 0 Å². The van der Waals surface area contributed by atoms with Gasteiger partial charge in [0.2, 0.25) is 0 Å². The smallest absolute Gasteiger partial charge is 0.251 e. The summed E-state index contributed by atoms with van der Waals surface area (Å²) in [6, 6.07) is 5.64. The maximum atomic E-state index is 11.9. The van der Waals surface area contributed by atoms with Crippen molar-refractivity contribution < 1.29 is 4.79 Å². The molecule has 3 heteroatoms. The van der Waals surface area contributed by atoms with E-state index in [0.717, 1.165) is 29.0 Å². The Morgan fingerprint density at radius 1 is 1.29 bits per heavy atom. The van der Waals surface area contributed by atoms with Crippen molar-refractivity contribution in [3.8, 4) is 0 Å². The van der Waals surface area contributed by atoms with Crippen molar-refractivity contribution in [1.82, 2.24) is 5.32 Å². The Morgan fingerprint density at radius 2 is 2.06 bits per heavy atom. The van der Waals surface area contributed by atoms with E-state index in [1.807, 2.05) is 25.1 Å². The first-order valence-electron chi connectivity index (χ1n) is 6.23. The molecule has 0 saturated heterocycles. The molecular weight excluding hydrogens is 230 g/mol. The molecule has 0 radical (unpaired) electrons. The molecule has 1 aromatic rings. The van der Waals surface area contributed by atoms with Gasteiger partial charge in [-0.15, -0.1) is 12.6 Å². The van der Waals surface area contributed by atoms with E-state index >= 15 is 0 Å². The van der Waals surface area contributed by atoms with Crippen LogP contribution < -0.4 is 5.32 Å². The van der Waals surface area contributed by atoms with Gasteiger partial charge in [-0.05, 0) is 31.0 Å². The van der Waals surface area contributed by atoms with E-state index < -0.39 is 0 Å². The van der Waals surface area contributed by atoms with Crippen LogP contribution in [0, 0.1) is 6.92 Å². The molecule has 0 aliphatic rings. The van der Waals surface area contributed by atoms with Crippen LogP contribution in [0.1, 0.15) is 48.5 Å². The fourth-order valence-corrected chi connectivity index (χ4v) is 1.91. The van der Waals surface area contributed by atoms with Crippen LogP contribution >= 0.6 is 12.6 Å². The molecule has 0 heterocycles. The number of amides is 1. The standard InChI is InChI=1S/C14H21NOS/c1-3-4-5-6-9-15-14(16)13-10-12(17)8-7-11(13)2/h7-8,10,17H,3-6,9H2,1-2H3,(H,15,16). The molecule has 1 rings (SSSR count). The van der Waals surface area contributed by atoms with Crippen molar-refractivity contribution >= 4 is 18.5 Å². The van der Waals surface area contributed by atoms with Gasteiger partial charge in [0.05, 0.1) is 0 Å². The normalized spacial score (nSPS) is 10.3. The van der Waals surface area contributed by atoms with Crippen LogP contribution in [0.4, 0.5) is 0 Å². The lowest BCUT2D eigenvalue weighted by atomic mass is 10.1. The van der Waals surface area contributed by atoms with Crippen LogP contribution in [0.15, 0.2) is 23.1 Å². The van der Waals surface area contributed by atoms with E-state index in [1.54, 1.807) is 0 Å². The Balaban J connectivity index is 2.44. The van der Waals surface area contributed by atoms with Gasteiger partial charge in [0.1, 0.15) is 0 Å². The van der Waals surface area contributed by atoms with Gasteiger partial charge in [-0.25, -0.2) is 0 Å². The molecule has 2 nitrogen and oxygen atoms in total. The lowest BCUT2D eigenvalue weighted by Crippen LogP contribution is -2.25. The zero-order valence-corrected chi connectivity index (χ0v) is 11.5.